The van der Waals surface area contributed by atoms with Crippen LogP contribution < -0.4 is 4.74 Å². The average molecular weight is 536 g/mol. The van der Waals surface area contributed by atoms with Gasteiger partial charge in [0.1, 0.15) is 5.75 Å². The lowest BCUT2D eigenvalue weighted by molar-refractivity contribution is -0.134. The fourth-order valence-corrected chi connectivity index (χ4v) is 6.58. The number of piperazine rings is 2. The number of methoxy groups -OCH3 is 1. The molecule has 2 atom stereocenters. The number of fused-ring (bicyclic) bond motifs is 1. The highest BCUT2D eigenvalue weighted by molar-refractivity contribution is 5.73. The van der Waals surface area contributed by atoms with Crippen molar-refractivity contribution < 1.29 is 9.53 Å². The van der Waals surface area contributed by atoms with E-state index in [0.717, 1.165) is 56.3 Å². The first-order valence-electron chi connectivity index (χ1n) is 14.1. The lowest BCUT2D eigenvalue weighted by atomic mass is 9.81. The fraction of sp³-hybridized carbons (Fsp3) is 0.333. The first kappa shape index (κ1) is 26.3. The largest absolute Gasteiger partial charge is 0.496 e. The molecule has 0 unspecified atom stereocenters. The van der Waals surface area contributed by atoms with Crippen molar-refractivity contribution in [2.45, 2.75) is 31.5 Å². The SMILES string of the molecule is COc1ccc(-n2ccnc2)cc1CN1C[C@@H]2CN(C(C)=O)CCN2[C@H](C(c2ccccc2)c2ccccc2)C1. The maximum Gasteiger partial charge on any atom is 0.219 e. The molecule has 0 aliphatic carbocycles. The Morgan fingerprint density at radius 1 is 0.950 bits per heavy atom. The summed E-state index contributed by atoms with van der Waals surface area (Å²) in [6.07, 6.45) is 5.58. The lowest BCUT2D eigenvalue weighted by Gasteiger charge is -2.53. The molecule has 2 fully saturated rings. The Morgan fingerprint density at radius 3 is 2.30 bits per heavy atom. The van der Waals surface area contributed by atoms with Crippen LogP contribution >= 0.6 is 0 Å². The van der Waals surface area contributed by atoms with Crippen molar-refractivity contribution in [3.05, 3.63) is 114 Å². The molecule has 3 heterocycles. The first-order valence-corrected chi connectivity index (χ1v) is 14.1. The van der Waals surface area contributed by atoms with Gasteiger partial charge in [0, 0.05) is 87.8 Å². The standard InChI is InChI=1S/C33H37N5O2/c1-25(39)36-17-18-38-30(22-36)21-35(20-28-19-29(13-14-32(28)40-2)37-16-15-34-24-37)23-31(38)33(26-9-5-3-6-10-26)27-11-7-4-8-12-27/h3-16,19,24,30-31,33H,17-18,20-23H2,1-2H3/t30-,31+/m1/s1. The van der Waals surface area contributed by atoms with Gasteiger partial charge >= 0.3 is 0 Å². The molecule has 2 aliphatic rings. The summed E-state index contributed by atoms with van der Waals surface area (Å²) >= 11 is 0. The number of hydrogen-bond donors (Lipinski definition) is 0. The van der Waals surface area contributed by atoms with Crippen LogP contribution in [0.5, 0.6) is 5.75 Å². The van der Waals surface area contributed by atoms with Gasteiger partial charge in [-0.15, -0.1) is 0 Å². The monoisotopic (exact) mass is 535 g/mol. The minimum atomic E-state index is 0.158. The molecule has 1 amide bonds. The van der Waals surface area contributed by atoms with E-state index in [1.54, 1.807) is 20.2 Å². The smallest absolute Gasteiger partial charge is 0.219 e. The van der Waals surface area contributed by atoms with E-state index in [1.807, 2.05) is 28.1 Å². The third kappa shape index (κ3) is 5.40. The van der Waals surface area contributed by atoms with Gasteiger partial charge in [-0.05, 0) is 29.3 Å². The van der Waals surface area contributed by atoms with Gasteiger partial charge in [-0.1, -0.05) is 60.7 Å². The Kier molecular flexibility index (Phi) is 7.66. The van der Waals surface area contributed by atoms with Crippen LogP contribution in [-0.2, 0) is 11.3 Å². The number of imidazole rings is 1. The van der Waals surface area contributed by atoms with E-state index >= 15 is 0 Å². The van der Waals surface area contributed by atoms with Gasteiger partial charge in [0.2, 0.25) is 5.91 Å². The Hall–Kier alpha value is -3.94. The summed E-state index contributed by atoms with van der Waals surface area (Å²) in [5, 5.41) is 0. The number of amides is 1. The van der Waals surface area contributed by atoms with Crippen LogP contribution in [0.25, 0.3) is 5.69 Å². The van der Waals surface area contributed by atoms with E-state index in [9.17, 15) is 4.79 Å². The molecule has 1 aromatic heterocycles. The Balaban J connectivity index is 1.37. The summed E-state index contributed by atoms with van der Waals surface area (Å²) in [7, 11) is 1.74. The van der Waals surface area contributed by atoms with Crippen molar-refractivity contribution in [3.63, 3.8) is 0 Å². The molecule has 7 heteroatoms. The van der Waals surface area contributed by atoms with Crippen molar-refractivity contribution in [2.24, 2.45) is 0 Å². The van der Waals surface area contributed by atoms with Crippen LogP contribution in [0.15, 0.2) is 97.6 Å². The molecule has 0 bridgehead atoms. The molecular formula is C33H37N5O2. The predicted molar refractivity (Wildman–Crippen MR) is 157 cm³/mol. The number of ether oxygens (including phenoxy) is 1. The highest BCUT2D eigenvalue weighted by Crippen LogP contribution is 2.36. The third-order valence-electron chi connectivity index (χ3n) is 8.48. The zero-order chi connectivity index (χ0) is 27.5. The molecule has 7 nitrogen and oxygen atoms in total. The van der Waals surface area contributed by atoms with Crippen molar-refractivity contribution in [2.75, 3.05) is 39.8 Å². The van der Waals surface area contributed by atoms with Crippen LogP contribution in [0, 0.1) is 0 Å². The highest BCUT2D eigenvalue weighted by Gasteiger charge is 2.42. The zero-order valence-corrected chi connectivity index (χ0v) is 23.3. The van der Waals surface area contributed by atoms with E-state index in [1.165, 1.54) is 11.1 Å². The van der Waals surface area contributed by atoms with Crippen molar-refractivity contribution in [1.82, 2.24) is 24.3 Å². The van der Waals surface area contributed by atoms with Crippen LogP contribution in [0.1, 0.15) is 29.5 Å². The molecule has 2 aliphatic heterocycles. The number of carbonyl (C=O) groups excluding carboxylic acids is 1. The Morgan fingerprint density at radius 2 is 1.68 bits per heavy atom. The van der Waals surface area contributed by atoms with Gasteiger partial charge < -0.3 is 14.2 Å². The number of hydrogen-bond acceptors (Lipinski definition) is 5. The maximum atomic E-state index is 12.4. The number of benzene rings is 3. The summed E-state index contributed by atoms with van der Waals surface area (Å²) in [6, 6.07) is 28.6. The molecule has 0 saturated carbocycles. The Labute approximate surface area is 236 Å². The normalized spacial score (nSPS) is 19.9. The molecule has 3 aromatic carbocycles. The van der Waals surface area contributed by atoms with Gasteiger partial charge in [-0.25, -0.2) is 4.98 Å². The molecule has 0 spiro atoms. The van der Waals surface area contributed by atoms with Crippen LogP contribution in [-0.4, -0.2) is 82.1 Å². The molecule has 206 valence electrons. The second-order valence-corrected chi connectivity index (χ2v) is 10.9. The summed E-state index contributed by atoms with van der Waals surface area (Å²) < 4.78 is 7.84. The van der Waals surface area contributed by atoms with E-state index in [2.05, 4.69) is 87.6 Å². The van der Waals surface area contributed by atoms with E-state index in [0.29, 0.717) is 0 Å². The number of nitrogens with zero attached hydrogens (tertiary/aromatic N) is 5. The first-order chi connectivity index (χ1) is 19.6. The van der Waals surface area contributed by atoms with Crippen molar-refractivity contribution in [1.29, 1.82) is 0 Å². The molecule has 4 aromatic rings. The summed E-state index contributed by atoms with van der Waals surface area (Å²) in [4.78, 5) is 23.9. The maximum absolute atomic E-state index is 12.4. The predicted octanol–water partition coefficient (Wildman–Crippen LogP) is 4.43. The van der Waals surface area contributed by atoms with E-state index in [4.69, 9.17) is 4.74 Å². The molecule has 40 heavy (non-hydrogen) atoms. The van der Waals surface area contributed by atoms with Crippen LogP contribution in [0.2, 0.25) is 0 Å². The minimum Gasteiger partial charge on any atom is -0.496 e. The van der Waals surface area contributed by atoms with Gasteiger partial charge in [0.05, 0.1) is 13.4 Å². The Bertz CT molecular complexity index is 1370. The van der Waals surface area contributed by atoms with Crippen LogP contribution in [0.4, 0.5) is 0 Å². The highest BCUT2D eigenvalue weighted by atomic mass is 16.5. The summed E-state index contributed by atoms with van der Waals surface area (Å²) in [5.74, 6) is 1.26. The molecule has 6 rings (SSSR count). The number of rotatable bonds is 7. The third-order valence-corrected chi connectivity index (χ3v) is 8.48. The second kappa shape index (κ2) is 11.7. The fourth-order valence-electron chi connectivity index (χ4n) is 6.58. The number of carbonyl (C=O) groups is 1. The van der Waals surface area contributed by atoms with E-state index in [-0.39, 0.29) is 23.9 Å². The van der Waals surface area contributed by atoms with Gasteiger partial charge in [-0.3, -0.25) is 14.6 Å². The summed E-state index contributed by atoms with van der Waals surface area (Å²) in [5.41, 5.74) is 4.87. The molecule has 0 N–H and O–H groups in total. The van der Waals surface area contributed by atoms with Gasteiger partial charge in [0.15, 0.2) is 0 Å². The van der Waals surface area contributed by atoms with Gasteiger partial charge in [-0.2, -0.15) is 0 Å². The quantitative estimate of drug-likeness (QED) is 0.351. The second-order valence-electron chi connectivity index (χ2n) is 10.9. The molecular weight excluding hydrogens is 498 g/mol. The average Bonchev–Trinajstić information content (AvgIpc) is 3.53. The zero-order valence-electron chi connectivity index (χ0n) is 23.3. The van der Waals surface area contributed by atoms with Crippen molar-refractivity contribution in [3.8, 4) is 11.4 Å². The topological polar surface area (TPSA) is 53.8 Å². The molecule has 2 saturated heterocycles. The van der Waals surface area contributed by atoms with Crippen LogP contribution in [0.3, 0.4) is 0 Å². The van der Waals surface area contributed by atoms with Gasteiger partial charge in [0.25, 0.3) is 0 Å². The lowest BCUT2D eigenvalue weighted by Crippen LogP contribution is -2.67. The molecule has 0 radical (unpaired) electrons. The summed E-state index contributed by atoms with van der Waals surface area (Å²) in [6.45, 7) is 6.70. The van der Waals surface area contributed by atoms with E-state index < -0.39 is 0 Å². The van der Waals surface area contributed by atoms with Crippen molar-refractivity contribution >= 4 is 5.91 Å². The minimum absolute atomic E-state index is 0.158. The number of aromatic nitrogens is 2.